The van der Waals surface area contributed by atoms with E-state index >= 15 is 0 Å². The lowest BCUT2D eigenvalue weighted by molar-refractivity contribution is 0.0458. The second kappa shape index (κ2) is 7.71. The highest BCUT2D eigenvalue weighted by Gasteiger charge is 2.21. The van der Waals surface area contributed by atoms with Crippen LogP contribution in [0.5, 0.6) is 0 Å². The molecule has 2 nitrogen and oxygen atoms in total. The van der Waals surface area contributed by atoms with Crippen LogP contribution in [0.25, 0.3) is 0 Å². The smallest absolute Gasteiger partial charge is 0.185 e. The van der Waals surface area contributed by atoms with E-state index in [9.17, 15) is 9.90 Å². The number of ketones is 1. The molecule has 0 bridgehead atoms. The first-order valence-corrected chi connectivity index (χ1v) is 7.63. The Morgan fingerprint density at radius 3 is 2.27 bits per heavy atom. The summed E-state index contributed by atoms with van der Waals surface area (Å²) in [5, 5.41) is 10.5. The van der Waals surface area contributed by atoms with Crippen molar-refractivity contribution < 1.29 is 9.90 Å². The number of unbranched alkanes of at least 4 members (excludes halogenated alkanes) is 1. The van der Waals surface area contributed by atoms with E-state index in [2.05, 4.69) is 0 Å². The number of carbonyl (C=O) groups is 1. The van der Waals surface area contributed by atoms with Gasteiger partial charge in [-0.05, 0) is 37.8 Å². The number of benzene rings is 2. The van der Waals surface area contributed by atoms with Crippen molar-refractivity contribution >= 4 is 5.78 Å². The van der Waals surface area contributed by atoms with Crippen LogP contribution in [0.4, 0.5) is 0 Å². The summed E-state index contributed by atoms with van der Waals surface area (Å²) in [4.78, 5) is 11.9. The maximum absolute atomic E-state index is 11.9. The van der Waals surface area contributed by atoms with Crippen LogP contribution in [0, 0.1) is 0 Å². The molecule has 0 aliphatic heterocycles. The minimum absolute atomic E-state index is 0.0235. The van der Waals surface area contributed by atoms with Crippen LogP contribution in [0.15, 0.2) is 72.8 Å². The van der Waals surface area contributed by atoms with Gasteiger partial charge in [0.25, 0.3) is 0 Å². The van der Waals surface area contributed by atoms with Crippen molar-refractivity contribution in [1.82, 2.24) is 0 Å². The van der Waals surface area contributed by atoms with Crippen LogP contribution >= 0.6 is 0 Å². The molecule has 0 saturated carbocycles. The van der Waals surface area contributed by atoms with E-state index in [1.807, 2.05) is 73.7 Å². The van der Waals surface area contributed by atoms with Crippen LogP contribution < -0.4 is 0 Å². The molecule has 0 aliphatic carbocycles. The fourth-order valence-electron chi connectivity index (χ4n) is 2.39. The lowest BCUT2D eigenvalue weighted by Crippen LogP contribution is -2.20. The van der Waals surface area contributed by atoms with Crippen LogP contribution in [0.1, 0.15) is 42.1 Å². The van der Waals surface area contributed by atoms with Crippen molar-refractivity contribution in [2.75, 3.05) is 0 Å². The predicted molar refractivity (Wildman–Crippen MR) is 89.8 cm³/mol. The highest BCUT2D eigenvalue weighted by atomic mass is 16.3. The molecule has 1 N–H and O–H groups in total. The lowest BCUT2D eigenvalue weighted by atomic mass is 9.90. The number of carbonyl (C=O) groups excluding carboxylic acids is 1. The summed E-state index contributed by atoms with van der Waals surface area (Å²) in [5.74, 6) is 0.0235. The maximum atomic E-state index is 11.9. The molecule has 114 valence electrons. The molecular formula is C20H22O2. The molecule has 0 heterocycles. The fraction of sp³-hybridized carbons (Fsp3) is 0.250. The van der Waals surface area contributed by atoms with Gasteiger partial charge >= 0.3 is 0 Å². The quantitative estimate of drug-likeness (QED) is 0.463. The molecule has 0 aliphatic rings. The van der Waals surface area contributed by atoms with Gasteiger partial charge in [-0.3, -0.25) is 4.79 Å². The van der Waals surface area contributed by atoms with Gasteiger partial charge in [0.05, 0.1) is 5.60 Å². The minimum atomic E-state index is -0.821. The molecule has 0 saturated heterocycles. The molecule has 0 radical (unpaired) electrons. The van der Waals surface area contributed by atoms with Crippen LogP contribution in [-0.2, 0) is 5.60 Å². The monoisotopic (exact) mass is 294 g/mol. The third-order valence-electron chi connectivity index (χ3n) is 3.76. The Kier molecular flexibility index (Phi) is 5.68. The summed E-state index contributed by atoms with van der Waals surface area (Å²) in [7, 11) is 0. The van der Waals surface area contributed by atoms with Crippen molar-refractivity contribution in [3.05, 3.63) is 83.9 Å². The second-order valence-corrected chi connectivity index (χ2v) is 5.66. The van der Waals surface area contributed by atoms with E-state index in [0.29, 0.717) is 12.0 Å². The summed E-state index contributed by atoms with van der Waals surface area (Å²) in [6.07, 6.45) is 5.78. The zero-order valence-electron chi connectivity index (χ0n) is 12.9. The van der Waals surface area contributed by atoms with Crippen molar-refractivity contribution in [3.8, 4) is 0 Å². The number of hydrogen-bond donors (Lipinski definition) is 1. The number of hydrogen-bond acceptors (Lipinski definition) is 2. The molecule has 1 atom stereocenters. The van der Waals surface area contributed by atoms with Gasteiger partial charge in [-0.1, -0.05) is 66.7 Å². The molecule has 2 rings (SSSR count). The number of aliphatic hydroxyl groups is 1. The maximum Gasteiger partial charge on any atom is 0.185 e. The van der Waals surface area contributed by atoms with Crippen LogP contribution in [0.2, 0.25) is 0 Å². The average Bonchev–Trinajstić information content (AvgIpc) is 2.56. The Morgan fingerprint density at radius 1 is 1.05 bits per heavy atom. The fourth-order valence-corrected chi connectivity index (χ4v) is 2.39. The Morgan fingerprint density at radius 2 is 1.64 bits per heavy atom. The summed E-state index contributed by atoms with van der Waals surface area (Å²) < 4.78 is 0. The first-order chi connectivity index (χ1) is 10.6. The Labute approximate surface area is 132 Å². The van der Waals surface area contributed by atoms with E-state index in [1.165, 1.54) is 0 Å². The molecule has 0 aromatic heterocycles. The molecule has 0 spiro atoms. The second-order valence-electron chi connectivity index (χ2n) is 5.66. The molecule has 2 aromatic carbocycles. The van der Waals surface area contributed by atoms with Gasteiger partial charge < -0.3 is 5.11 Å². The first kappa shape index (κ1) is 16.2. The van der Waals surface area contributed by atoms with Crippen LogP contribution in [-0.4, -0.2) is 10.9 Å². The topological polar surface area (TPSA) is 37.3 Å². The normalized spacial score (nSPS) is 13.9. The van der Waals surface area contributed by atoms with Gasteiger partial charge in [-0.2, -0.15) is 0 Å². The first-order valence-electron chi connectivity index (χ1n) is 7.63. The van der Waals surface area contributed by atoms with Gasteiger partial charge in [0.15, 0.2) is 5.78 Å². The van der Waals surface area contributed by atoms with Crippen molar-refractivity contribution in [2.45, 2.75) is 31.8 Å². The zero-order valence-corrected chi connectivity index (χ0v) is 12.9. The van der Waals surface area contributed by atoms with E-state index < -0.39 is 5.60 Å². The zero-order chi connectivity index (χ0) is 15.8. The van der Waals surface area contributed by atoms with Crippen molar-refractivity contribution in [3.63, 3.8) is 0 Å². The lowest BCUT2D eigenvalue weighted by Gasteiger charge is -2.23. The molecule has 22 heavy (non-hydrogen) atoms. The Hall–Kier alpha value is -2.19. The van der Waals surface area contributed by atoms with E-state index in [0.717, 1.165) is 18.4 Å². The molecule has 0 amide bonds. The van der Waals surface area contributed by atoms with Gasteiger partial charge in [0.2, 0.25) is 0 Å². The van der Waals surface area contributed by atoms with E-state index in [-0.39, 0.29) is 5.78 Å². The van der Waals surface area contributed by atoms with Gasteiger partial charge in [-0.15, -0.1) is 0 Å². The van der Waals surface area contributed by atoms with E-state index in [4.69, 9.17) is 0 Å². The molecular weight excluding hydrogens is 272 g/mol. The van der Waals surface area contributed by atoms with Crippen molar-refractivity contribution in [1.29, 1.82) is 0 Å². The SMILES string of the molecule is C[C@](O)(CCC/C=C/C(=O)c1ccccc1)c1ccccc1. The molecule has 2 aromatic rings. The Bertz CT molecular complexity index is 613. The summed E-state index contributed by atoms with van der Waals surface area (Å²) in [5.41, 5.74) is 0.813. The van der Waals surface area contributed by atoms with Gasteiger partial charge in [-0.25, -0.2) is 0 Å². The highest BCUT2D eigenvalue weighted by Crippen LogP contribution is 2.26. The molecule has 0 unspecified atom stereocenters. The minimum Gasteiger partial charge on any atom is -0.385 e. The standard InChI is InChI=1S/C20H22O2/c1-20(22,18-13-7-3-8-14-18)16-10-4-9-15-19(21)17-11-5-2-6-12-17/h2-3,5-9,11-15,22H,4,10,16H2,1H3/b15-9+/t20-/m0/s1. The molecule has 0 fully saturated rings. The van der Waals surface area contributed by atoms with Gasteiger partial charge in [0, 0.05) is 5.56 Å². The number of allylic oxidation sites excluding steroid dienone is 2. The van der Waals surface area contributed by atoms with Gasteiger partial charge in [0.1, 0.15) is 0 Å². The molecule has 2 heteroatoms. The average molecular weight is 294 g/mol. The highest BCUT2D eigenvalue weighted by molar-refractivity contribution is 6.04. The van der Waals surface area contributed by atoms with E-state index in [1.54, 1.807) is 6.08 Å². The third-order valence-corrected chi connectivity index (χ3v) is 3.76. The summed E-state index contributed by atoms with van der Waals surface area (Å²) in [6.45, 7) is 1.83. The third kappa shape index (κ3) is 4.68. The summed E-state index contributed by atoms with van der Waals surface area (Å²) >= 11 is 0. The number of rotatable bonds is 7. The largest absolute Gasteiger partial charge is 0.385 e. The summed E-state index contributed by atoms with van der Waals surface area (Å²) in [6, 6.07) is 18.9. The Balaban J connectivity index is 1.80. The predicted octanol–water partition coefficient (Wildman–Crippen LogP) is 4.50. The van der Waals surface area contributed by atoms with Crippen molar-refractivity contribution in [2.24, 2.45) is 0 Å². The van der Waals surface area contributed by atoms with Crippen LogP contribution in [0.3, 0.4) is 0 Å².